The summed E-state index contributed by atoms with van der Waals surface area (Å²) in [6, 6.07) is 12.7. The summed E-state index contributed by atoms with van der Waals surface area (Å²) < 4.78 is 59.9. The van der Waals surface area contributed by atoms with Gasteiger partial charge in [-0.05, 0) is 36.1 Å². The predicted molar refractivity (Wildman–Crippen MR) is 124 cm³/mol. The number of ether oxygens (including phenoxy) is 1. The van der Waals surface area contributed by atoms with E-state index in [-0.39, 0.29) is 18.0 Å². The number of benzene rings is 2. The molecule has 0 spiro atoms. The largest absolute Gasteiger partial charge is 0.593 e. The van der Waals surface area contributed by atoms with Gasteiger partial charge in [-0.3, -0.25) is 4.79 Å². The number of rotatable bonds is 7. The molecular weight excluding hydrogens is 481 g/mol. The van der Waals surface area contributed by atoms with Crippen molar-refractivity contribution in [1.29, 1.82) is 0 Å². The molecule has 10 heteroatoms. The van der Waals surface area contributed by atoms with Gasteiger partial charge in [0.25, 0.3) is 0 Å². The van der Waals surface area contributed by atoms with Crippen molar-refractivity contribution >= 4 is 23.1 Å². The molecule has 3 aromatic rings. The standard InChI is InChI=1S/C25H23F3N2O4S/c1-34-24(32)22-14-21(35(33)30-11-2-3-12-30)15-29(22)16-23(31)18-9-7-17(8-10-18)19-5-4-6-20(13-19)25(26,27)28/h4-10,13-15H,2-3,11-12,16H2,1H3. The van der Waals surface area contributed by atoms with Crippen molar-refractivity contribution in [2.45, 2.75) is 30.5 Å². The predicted octanol–water partition coefficient (Wildman–Crippen LogP) is 4.96. The van der Waals surface area contributed by atoms with Crippen LogP contribution in [0.4, 0.5) is 13.2 Å². The number of nitrogens with zero attached hydrogens (tertiary/aromatic N) is 2. The van der Waals surface area contributed by atoms with Crippen LogP contribution < -0.4 is 0 Å². The van der Waals surface area contributed by atoms with Gasteiger partial charge in [0, 0.05) is 24.7 Å². The van der Waals surface area contributed by atoms with E-state index >= 15 is 0 Å². The lowest BCUT2D eigenvalue weighted by atomic mass is 10.0. The number of carbonyl (C=O) groups excluding carboxylic acids is 2. The maximum atomic E-state index is 13.0. The van der Waals surface area contributed by atoms with E-state index in [0.29, 0.717) is 34.7 Å². The lowest BCUT2D eigenvalue weighted by Gasteiger charge is -2.17. The third kappa shape index (κ3) is 5.61. The Hall–Kier alpha value is -3.08. The molecular formula is C25H23F3N2O4S. The first-order chi connectivity index (χ1) is 16.7. The van der Waals surface area contributed by atoms with Crippen molar-refractivity contribution in [3.05, 3.63) is 77.6 Å². The SMILES string of the molecule is COC(=O)c1cc([S+]([O-])N2CCCC2)cn1CC(=O)c1ccc(-c2cccc(C(F)(F)F)c2)cc1. The molecule has 2 aromatic carbocycles. The number of Topliss-reactive ketones (excluding diaryl/α,β-unsaturated/α-hetero) is 1. The summed E-state index contributed by atoms with van der Waals surface area (Å²) in [5.74, 6) is -0.970. The highest BCUT2D eigenvalue weighted by Gasteiger charge is 2.31. The molecule has 0 bridgehead atoms. The van der Waals surface area contributed by atoms with Gasteiger partial charge in [0.05, 0.1) is 36.8 Å². The van der Waals surface area contributed by atoms with Crippen LogP contribution in [0.2, 0.25) is 0 Å². The molecule has 184 valence electrons. The normalized spacial score (nSPS) is 15.2. The van der Waals surface area contributed by atoms with E-state index in [9.17, 15) is 27.3 Å². The molecule has 35 heavy (non-hydrogen) atoms. The zero-order chi connectivity index (χ0) is 25.2. The minimum atomic E-state index is -4.45. The Labute approximate surface area is 203 Å². The van der Waals surface area contributed by atoms with Crippen molar-refractivity contribution < 1.29 is 32.0 Å². The number of methoxy groups -OCH3 is 1. The lowest BCUT2D eigenvalue weighted by Crippen LogP contribution is -2.27. The highest BCUT2D eigenvalue weighted by Crippen LogP contribution is 2.32. The quantitative estimate of drug-likeness (QED) is 0.258. The fourth-order valence-electron chi connectivity index (χ4n) is 3.96. The first-order valence-corrected chi connectivity index (χ1v) is 12.0. The number of hydrogen-bond donors (Lipinski definition) is 0. The summed E-state index contributed by atoms with van der Waals surface area (Å²) in [6.07, 6.45) is -1.02. The van der Waals surface area contributed by atoms with Crippen LogP contribution in [-0.2, 0) is 28.8 Å². The maximum Gasteiger partial charge on any atom is 0.416 e. The van der Waals surface area contributed by atoms with Crippen molar-refractivity contribution in [3.63, 3.8) is 0 Å². The van der Waals surface area contributed by atoms with E-state index in [4.69, 9.17) is 4.74 Å². The molecule has 1 fully saturated rings. The molecule has 0 radical (unpaired) electrons. The van der Waals surface area contributed by atoms with E-state index in [1.54, 1.807) is 18.2 Å². The van der Waals surface area contributed by atoms with E-state index in [2.05, 4.69) is 0 Å². The molecule has 0 saturated carbocycles. The Bertz CT molecular complexity index is 1220. The van der Waals surface area contributed by atoms with Crippen molar-refractivity contribution in [1.82, 2.24) is 8.87 Å². The van der Waals surface area contributed by atoms with Gasteiger partial charge in [0.1, 0.15) is 5.69 Å². The zero-order valence-corrected chi connectivity index (χ0v) is 19.7. The van der Waals surface area contributed by atoms with Crippen LogP contribution in [0.1, 0.15) is 39.3 Å². The van der Waals surface area contributed by atoms with E-state index in [0.717, 1.165) is 25.0 Å². The number of aromatic nitrogens is 1. The number of halogens is 3. The van der Waals surface area contributed by atoms with Crippen molar-refractivity contribution in [2.24, 2.45) is 0 Å². The van der Waals surface area contributed by atoms with Crippen LogP contribution in [-0.4, -0.2) is 45.4 Å². The maximum absolute atomic E-state index is 13.0. The molecule has 0 aliphatic carbocycles. The smallest absolute Gasteiger partial charge is 0.416 e. The van der Waals surface area contributed by atoms with E-state index in [1.165, 1.54) is 42.1 Å². The zero-order valence-electron chi connectivity index (χ0n) is 18.9. The molecule has 1 aliphatic heterocycles. The Morgan fingerprint density at radius 2 is 1.71 bits per heavy atom. The van der Waals surface area contributed by atoms with Gasteiger partial charge >= 0.3 is 12.1 Å². The second-order valence-corrected chi connectivity index (χ2v) is 9.63. The molecule has 1 aliphatic rings. The summed E-state index contributed by atoms with van der Waals surface area (Å²) in [5.41, 5.74) is 0.607. The molecule has 0 amide bonds. The number of alkyl halides is 3. The molecule has 0 N–H and O–H groups in total. The average molecular weight is 505 g/mol. The summed E-state index contributed by atoms with van der Waals surface area (Å²) in [6.45, 7) is 1.20. The Morgan fingerprint density at radius 1 is 1.03 bits per heavy atom. The van der Waals surface area contributed by atoms with Gasteiger partial charge in [-0.25, -0.2) is 4.79 Å². The molecule has 6 nitrogen and oxygen atoms in total. The number of hydrogen-bond acceptors (Lipinski definition) is 5. The Balaban J connectivity index is 1.54. The molecule has 1 aromatic heterocycles. The van der Waals surface area contributed by atoms with Crippen LogP contribution in [0, 0.1) is 0 Å². The third-order valence-electron chi connectivity index (χ3n) is 5.81. The summed E-state index contributed by atoms with van der Waals surface area (Å²) in [7, 11) is 1.23. The van der Waals surface area contributed by atoms with Gasteiger partial charge in [0.15, 0.2) is 10.7 Å². The fourth-order valence-corrected chi connectivity index (χ4v) is 5.28. The van der Waals surface area contributed by atoms with E-state index in [1.807, 2.05) is 4.31 Å². The molecule has 1 unspecified atom stereocenters. The van der Waals surface area contributed by atoms with Crippen LogP contribution in [0.5, 0.6) is 0 Å². The highest BCUT2D eigenvalue weighted by molar-refractivity contribution is 7.89. The summed E-state index contributed by atoms with van der Waals surface area (Å²) in [4.78, 5) is 25.6. The molecule has 1 atom stereocenters. The van der Waals surface area contributed by atoms with Crippen LogP contribution in [0.25, 0.3) is 11.1 Å². The second-order valence-electron chi connectivity index (χ2n) is 8.14. The van der Waals surface area contributed by atoms with Gasteiger partial charge in [0.2, 0.25) is 0 Å². The molecule has 2 heterocycles. The highest BCUT2D eigenvalue weighted by atomic mass is 32.2. The van der Waals surface area contributed by atoms with Crippen molar-refractivity contribution in [2.75, 3.05) is 20.2 Å². The fraction of sp³-hybridized carbons (Fsp3) is 0.280. The number of ketones is 1. The minimum absolute atomic E-state index is 0.115. The lowest BCUT2D eigenvalue weighted by molar-refractivity contribution is -0.137. The molecule has 4 rings (SSSR count). The van der Waals surface area contributed by atoms with Crippen LogP contribution >= 0.6 is 0 Å². The Kier molecular flexibility index (Phi) is 7.34. The van der Waals surface area contributed by atoms with E-state index < -0.39 is 29.1 Å². The first kappa shape index (κ1) is 25.0. The van der Waals surface area contributed by atoms with Gasteiger partial charge in [-0.1, -0.05) is 36.4 Å². The Morgan fingerprint density at radius 3 is 2.34 bits per heavy atom. The van der Waals surface area contributed by atoms with Gasteiger partial charge in [-0.2, -0.15) is 13.2 Å². The third-order valence-corrected chi connectivity index (χ3v) is 7.27. The average Bonchev–Trinajstić information content (AvgIpc) is 3.53. The topological polar surface area (TPSA) is 74.6 Å². The van der Waals surface area contributed by atoms with Crippen LogP contribution in [0.3, 0.4) is 0 Å². The van der Waals surface area contributed by atoms with Crippen LogP contribution in [0.15, 0.2) is 65.7 Å². The second kappa shape index (κ2) is 10.3. The summed E-state index contributed by atoms with van der Waals surface area (Å²) >= 11 is -1.45. The van der Waals surface area contributed by atoms with Gasteiger partial charge < -0.3 is 13.9 Å². The minimum Gasteiger partial charge on any atom is -0.593 e. The number of carbonyl (C=O) groups is 2. The molecule has 1 saturated heterocycles. The monoisotopic (exact) mass is 504 g/mol. The summed E-state index contributed by atoms with van der Waals surface area (Å²) in [5, 5.41) is 0. The first-order valence-electron chi connectivity index (χ1n) is 10.9. The van der Waals surface area contributed by atoms with Gasteiger partial charge in [-0.15, -0.1) is 4.31 Å². The van der Waals surface area contributed by atoms with Crippen molar-refractivity contribution in [3.8, 4) is 11.1 Å². The number of esters is 1.